The van der Waals surface area contributed by atoms with Gasteiger partial charge in [0.05, 0.1) is 11.5 Å². The van der Waals surface area contributed by atoms with Crippen LogP contribution in [0.2, 0.25) is 0 Å². The molecule has 10 heteroatoms. The number of hydrogen-bond donors (Lipinski definition) is 1. The summed E-state index contributed by atoms with van der Waals surface area (Å²) in [5.41, 5.74) is 0. The summed E-state index contributed by atoms with van der Waals surface area (Å²) >= 11 is 0. The van der Waals surface area contributed by atoms with Gasteiger partial charge in [-0.3, -0.25) is 4.79 Å². The number of rotatable bonds is 9. The molecule has 1 N–H and O–H groups in total. The summed E-state index contributed by atoms with van der Waals surface area (Å²) in [5.74, 6) is -1.24. The molecule has 0 heterocycles. The SMILES string of the molecule is CCCCC(NS(=O)(=O)c1ccc(OC(F)(F)F)cc1)C(=O)OCC. The van der Waals surface area contributed by atoms with Gasteiger partial charge in [0, 0.05) is 0 Å². The maximum atomic E-state index is 12.3. The van der Waals surface area contributed by atoms with Gasteiger partial charge < -0.3 is 9.47 Å². The molecule has 1 rings (SSSR count). The minimum atomic E-state index is -4.87. The third kappa shape index (κ3) is 7.30. The minimum Gasteiger partial charge on any atom is -0.465 e. The van der Waals surface area contributed by atoms with Gasteiger partial charge in [0.2, 0.25) is 10.0 Å². The molecule has 0 aliphatic carbocycles. The quantitative estimate of drug-likeness (QED) is 0.663. The van der Waals surface area contributed by atoms with Gasteiger partial charge in [0.25, 0.3) is 0 Å². The fourth-order valence-electron chi connectivity index (χ4n) is 1.95. The van der Waals surface area contributed by atoms with E-state index in [4.69, 9.17) is 4.74 Å². The molecule has 1 aromatic carbocycles. The molecule has 1 atom stereocenters. The molecule has 0 aliphatic heterocycles. The van der Waals surface area contributed by atoms with E-state index in [-0.39, 0.29) is 17.9 Å². The van der Waals surface area contributed by atoms with Crippen LogP contribution in [0.25, 0.3) is 0 Å². The summed E-state index contributed by atoms with van der Waals surface area (Å²) in [7, 11) is -4.10. The van der Waals surface area contributed by atoms with E-state index in [2.05, 4.69) is 9.46 Å². The average Bonchev–Trinajstić information content (AvgIpc) is 2.50. The van der Waals surface area contributed by atoms with Crippen LogP contribution in [0.15, 0.2) is 29.2 Å². The molecule has 0 fully saturated rings. The predicted octanol–water partition coefficient (Wildman–Crippen LogP) is 2.99. The lowest BCUT2D eigenvalue weighted by atomic mass is 10.1. The van der Waals surface area contributed by atoms with Crippen LogP contribution in [0.4, 0.5) is 13.2 Å². The van der Waals surface area contributed by atoms with Crippen molar-refractivity contribution in [2.24, 2.45) is 0 Å². The van der Waals surface area contributed by atoms with Gasteiger partial charge in [-0.25, -0.2) is 8.42 Å². The van der Waals surface area contributed by atoms with Gasteiger partial charge >= 0.3 is 12.3 Å². The molecule has 25 heavy (non-hydrogen) atoms. The fraction of sp³-hybridized carbons (Fsp3) is 0.533. The predicted molar refractivity (Wildman–Crippen MR) is 83.4 cm³/mol. The zero-order chi connectivity index (χ0) is 19.1. The van der Waals surface area contributed by atoms with Crippen molar-refractivity contribution in [1.29, 1.82) is 0 Å². The third-order valence-corrected chi connectivity index (χ3v) is 4.57. The number of unbranched alkanes of at least 4 members (excludes halogenated alkanes) is 1. The van der Waals surface area contributed by atoms with Crippen LogP contribution in [0.3, 0.4) is 0 Å². The topological polar surface area (TPSA) is 81.7 Å². The molecule has 0 saturated heterocycles. The van der Waals surface area contributed by atoms with Gasteiger partial charge in [0.1, 0.15) is 11.8 Å². The van der Waals surface area contributed by atoms with Crippen molar-refractivity contribution in [3.05, 3.63) is 24.3 Å². The Bertz CT molecular complexity index is 659. The van der Waals surface area contributed by atoms with Crippen molar-refractivity contribution in [2.45, 2.75) is 50.4 Å². The van der Waals surface area contributed by atoms with Crippen molar-refractivity contribution in [1.82, 2.24) is 4.72 Å². The summed E-state index contributed by atoms with van der Waals surface area (Å²) in [6.45, 7) is 3.59. The summed E-state index contributed by atoms with van der Waals surface area (Å²) in [4.78, 5) is 11.6. The van der Waals surface area contributed by atoms with Crippen LogP contribution in [0.1, 0.15) is 33.1 Å². The summed E-state index contributed by atoms with van der Waals surface area (Å²) in [5, 5.41) is 0. The normalized spacial score (nSPS) is 13.3. The Balaban J connectivity index is 2.91. The van der Waals surface area contributed by atoms with Crippen LogP contribution in [0, 0.1) is 0 Å². The molecule has 6 nitrogen and oxygen atoms in total. The molecule has 0 aliphatic rings. The summed E-state index contributed by atoms with van der Waals surface area (Å²) in [6, 6.07) is 2.63. The number of nitrogens with one attached hydrogen (secondary N) is 1. The van der Waals surface area contributed by atoms with Crippen LogP contribution < -0.4 is 9.46 Å². The minimum absolute atomic E-state index is 0.104. The second-order valence-corrected chi connectivity index (χ2v) is 6.80. The van der Waals surface area contributed by atoms with Crippen LogP contribution in [-0.2, 0) is 19.6 Å². The highest BCUT2D eigenvalue weighted by Crippen LogP contribution is 2.24. The number of halogens is 3. The largest absolute Gasteiger partial charge is 0.573 e. The third-order valence-electron chi connectivity index (χ3n) is 3.08. The Kier molecular flexibility index (Phi) is 7.68. The van der Waals surface area contributed by atoms with E-state index in [0.29, 0.717) is 6.42 Å². The molecule has 0 radical (unpaired) electrons. The standard InChI is InChI=1S/C15H20F3NO5S/c1-3-5-6-13(14(20)23-4-2)19-25(21,22)12-9-7-11(8-10-12)24-15(16,17)18/h7-10,13,19H,3-6H2,1-2H3. The van der Waals surface area contributed by atoms with Gasteiger partial charge in [-0.05, 0) is 37.6 Å². The zero-order valence-corrected chi connectivity index (χ0v) is 14.6. The maximum absolute atomic E-state index is 12.3. The molecule has 1 unspecified atom stereocenters. The Morgan fingerprint density at radius 3 is 2.28 bits per heavy atom. The lowest BCUT2D eigenvalue weighted by Gasteiger charge is -2.17. The first-order valence-corrected chi connectivity index (χ1v) is 9.12. The average molecular weight is 383 g/mol. The van der Waals surface area contributed by atoms with E-state index in [1.165, 1.54) is 0 Å². The van der Waals surface area contributed by atoms with E-state index >= 15 is 0 Å². The number of alkyl halides is 3. The Morgan fingerprint density at radius 1 is 1.20 bits per heavy atom. The van der Waals surface area contributed by atoms with Gasteiger partial charge in [-0.1, -0.05) is 19.8 Å². The molecule has 0 aromatic heterocycles. The Morgan fingerprint density at radius 2 is 1.80 bits per heavy atom. The van der Waals surface area contributed by atoms with E-state index in [1.807, 2.05) is 6.92 Å². The highest BCUT2D eigenvalue weighted by molar-refractivity contribution is 7.89. The second kappa shape index (κ2) is 9.04. The van der Waals surface area contributed by atoms with Gasteiger partial charge in [-0.2, -0.15) is 4.72 Å². The summed E-state index contributed by atoms with van der Waals surface area (Å²) < 4.78 is 71.8. The summed E-state index contributed by atoms with van der Waals surface area (Å²) in [6.07, 6.45) is -3.26. The number of ether oxygens (including phenoxy) is 2. The van der Waals surface area contributed by atoms with Crippen molar-refractivity contribution in [3.63, 3.8) is 0 Å². The van der Waals surface area contributed by atoms with Gasteiger partial charge in [-0.15, -0.1) is 13.2 Å². The fourth-order valence-corrected chi connectivity index (χ4v) is 3.17. The molecular weight excluding hydrogens is 363 g/mol. The molecule has 142 valence electrons. The monoisotopic (exact) mass is 383 g/mol. The lowest BCUT2D eigenvalue weighted by Crippen LogP contribution is -2.41. The molecule has 0 spiro atoms. The maximum Gasteiger partial charge on any atom is 0.573 e. The zero-order valence-electron chi connectivity index (χ0n) is 13.8. The van der Waals surface area contributed by atoms with Gasteiger partial charge in [0.15, 0.2) is 0 Å². The number of sulfonamides is 1. The van der Waals surface area contributed by atoms with Crippen LogP contribution in [0.5, 0.6) is 5.75 Å². The van der Waals surface area contributed by atoms with E-state index in [0.717, 1.165) is 30.7 Å². The molecule has 0 bridgehead atoms. The van der Waals surface area contributed by atoms with Crippen LogP contribution in [-0.4, -0.2) is 33.4 Å². The first-order chi connectivity index (χ1) is 11.6. The number of hydrogen-bond acceptors (Lipinski definition) is 5. The first kappa shape index (κ1) is 21.2. The smallest absolute Gasteiger partial charge is 0.465 e. The Hall–Kier alpha value is -1.81. The van der Waals surface area contributed by atoms with Crippen molar-refractivity contribution < 1.29 is 35.9 Å². The highest BCUT2D eigenvalue weighted by atomic mass is 32.2. The molecular formula is C15H20F3NO5S. The Labute approximate surface area is 144 Å². The van der Waals surface area contributed by atoms with Crippen molar-refractivity contribution >= 4 is 16.0 Å². The highest BCUT2D eigenvalue weighted by Gasteiger charge is 2.31. The van der Waals surface area contributed by atoms with E-state index in [9.17, 15) is 26.4 Å². The lowest BCUT2D eigenvalue weighted by molar-refractivity contribution is -0.274. The number of carbonyl (C=O) groups is 1. The van der Waals surface area contributed by atoms with E-state index < -0.39 is 34.1 Å². The second-order valence-electron chi connectivity index (χ2n) is 5.09. The number of esters is 1. The number of benzene rings is 1. The molecule has 1 aromatic rings. The first-order valence-electron chi connectivity index (χ1n) is 7.63. The number of carbonyl (C=O) groups excluding carboxylic acids is 1. The van der Waals surface area contributed by atoms with Crippen molar-refractivity contribution in [3.8, 4) is 5.75 Å². The van der Waals surface area contributed by atoms with Crippen molar-refractivity contribution in [2.75, 3.05) is 6.61 Å². The van der Waals surface area contributed by atoms with E-state index in [1.54, 1.807) is 6.92 Å². The van der Waals surface area contributed by atoms with Crippen LogP contribution >= 0.6 is 0 Å². The molecule has 0 saturated carbocycles. The molecule has 0 amide bonds.